The van der Waals surface area contributed by atoms with Crippen LogP contribution in [0, 0.1) is 0 Å². The topological polar surface area (TPSA) is 15.3 Å². The SMILES string of the molecule is CC(C)N(CCNc1ccc(Br)cc1)Cc1cccs1. The van der Waals surface area contributed by atoms with E-state index in [1.807, 2.05) is 11.3 Å². The smallest absolute Gasteiger partial charge is 0.0341 e. The summed E-state index contributed by atoms with van der Waals surface area (Å²) >= 11 is 5.29. The number of hydrogen-bond acceptors (Lipinski definition) is 3. The third-order valence-corrected chi connectivity index (χ3v) is 4.63. The van der Waals surface area contributed by atoms with E-state index < -0.39 is 0 Å². The van der Waals surface area contributed by atoms with Gasteiger partial charge in [-0.2, -0.15) is 0 Å². The summed E-state index contributed by atoms with van der Waals surface area (Å²) in [5, 5.41) is 5.62. The van der Waals surface area contributed by atoms with E-state index in [-0.39, 0.29) is 0 Å². The number of anilines is 1. The molecule has 20 heavy (non-hydrogen) atoms. The van der Waals surface area contributed by atoms with E-state index >= 15 is 0 Å². The molecule has 1 heterocycles. The minimum absolute atomic E-state index is 0.559. The van der Waals surface area contributed by atoms with E-state index in [1.54, 1.807) is 0 Å². The van der Waals surface area contributed by atoms with Gasteiger partial charge in [-0.1, -0.05) is 22.0 Å². The fourth-order valence-electron chi connectivity index (χ4n) is 2.03. The lowest BCUT2D eigenvalue weighted by atomic mass is 10.3. The molecule has 0 unspecified atom stereocenters. The molecular weight excluding hydrogens is 332 g/mol. The second-order valence-electron chi connectivity index (χ2n) is 5.08. The molecule has 0 spiro atoms. The molecule has 1 aromatic carbocycles. The maximum absolute atomic E-state index is 3.48. The van der Waals surface area contributed by atoms with Crippen molar-refractivity contribution in [3.8, 4) is 0 Å². The number of hydrogen-bond donors (Lipinski definition) is 1. The maximum atomic E-state index is 3.48. The first-order valence-corrected chi connectivity index (χ1v) is 8.58. The normalized spacial score (nSPS) is 11.2. The predicted octanol–water partition coefficient (Wildman–Crippen LogP) is 4.83. The molecule has 2 aromatic rings. The quantitative estimate of drug-likeness (QED) is 0.767. The Balaban J connectivity index is 1.81. The standard InChI is InChI=1S/C16H21BrN2S/c1-13(2)19(12-16-4-3-11-20-16)10-9-18-15-7-5-14(17)6-8-15/h3-8,11,13,18H,9-10,12H2,1-2H3. The molecule has 0 bridgehead atoms. The zero-order valence-electron chi connectivity index (χ0n) is 12.0. The van der Waals surface area contributed by atoms with E-state index in [9.17, 15) is 0 Å². The van der Waals surface area contributed by atoms with Crippen LogP contribution in [0.3, 0.4) is 0 Å². The van der Waals surface area contributed by atoms with Crippen molar-refractivity contribution in [2.75, 3.05) is 18.4 Å². The molecule has 4 heteroatoms. The zero-order valence-corrected chi connectivity index (χ0v) is 14.4. The predicted molar refractivity (Wildman–Crippen MR) is 92.5 cm³/mol. The molecule has 0 aliphatic heterocycles. The van der Waals surface area contributed by atoms with Crippen LogP contribution in [0.15, 0.2) is 46.3 Å². The fraction of sp³-hybridized carbons (Fsp3) is 0.375. The second kappa shape index (κ2) is 7.81. The van der Waals surface area contributed by atoms with Crippen molar-refractivity contribution in [2.24, 2.45) is 0 Å². The van der Waals surface area contributed by atoms with Gasteiger partial charge in [-0.15, -0.1) is 11.3 Å². The number of rotatable bonds is 7. The third kappa shape index (κ3) is 4.93. The van der Waals surface area contributed by atoms with Crippen LogP contribution >= 0.6 is 27.3 Å². The number of halogens is 1. The molecule has 0 saturated heterocycles. The van der Waals surface area contributed by atoms with Crippen LogP contribution in [-0.2, 0) is 6.54 Å². The number of nitrogens with zero attached hydrogens (tertiary/aromatic N) is 1. The lowest BCUT2D eigenvalue weighted by Crippen LogP contribution is -2.34. The van der Waals surface area contributed by atoms with Gasteiger partial charge in [0.15, 0.2) is 0 Å². The van der Waals surface area contributed by atoms with Crippen LogP contribution in [0.1, 0.15) is 18.7 Å². The van der Waals surface area contributed by atoms with Gasteiger partial charge in [-0.05, 0) is 49.6 Å². The van der Waals surface area contributed by atoms with Gasteiger partial charge in [0.05, 0.1) is 0 Å². The molecular formula is C16H21BrN2S. The van der Waals surface area contributed by atoms with Crippen LogP contribution in [-0.4, -0.2) is 24.0 Å². The molecule has 2 nitrogen and oxygen atoms in total. The van der Waals surface area contributed by atoms with Crippen LogP contribution in [0.2, 0.25) is 0 Å². The molecule has 108 valence electrons. The average Bonchev–Trinajstić information content (AvgIpc) is 2.92. The van der Waals surface area contributed by atoms with E-state index in [2.05, 4.69) is 81.8 Å². The lowest BCUT2D eigenvalue weighted by Gasteiger charge is -2.26. The van der Waals surface area contributed by atoms with Crippen molar-refractivity contribution < 1.29 is 0 Å². The lowest BCUT2D eigenvalue weighted by molar-refractivity contribution is 0.223. The van der Waals surface area contributed by atoms with Crippen molar-refractivity contribution in [3.05, 3.63) is 51.1 Å². The summed E-state index contributed by atoms with van der Waals surface area (Å²) in [5.41, 5.74) is 1.17. The molecule has 0 atom stereocenters. The van der Waals surface area contributed by atoms with Gasteiger partial charge in [0.1, 0.15) is 0 Å². The Morgan fingerprint density at radius 2 is 1.95 bits per heavy atom. The van der Waals surface area contributed by atoms with Crippen molar-refractivity contribution in [1.82, 2.24) is 4.90 Å². The summed E-state index contributed by atoms with van der Waals surface area (Å²) in [4.78, 5) is 3.93. The maximum Gasteiger partial charge on any atom is 0.0341 e. The van der Waals surface area contributed by atoms with E-state index in [1.165, 1.54) is 10.6 Å². The highest BCUT2D eigenvalue weighted by molar-refractivity contribution is 9.10. The molecule has 2 rings (SSSR count). The van der Waals surface area contributed by atoms with Gasteiger partial charge in [0.2, 0.25) is 0 Å². The first kappa shape index (κ1) is 15.5. The Kier molecular flexibility index (Phi) is 6.07. The van der Waals surface area contributed by atoms with Gasteiger partial charge in [0.25, 0.3) is 0 Å². The van der Waals surface area contributed by atoms with Crippen LogP contribution < -0.4 is 5.32 Å². The van der Waals surface area contributed by atoms with Crippen molar-refractivity contribution >= 4 is 33.0 Å². The van der Waals surface area contributed by atoms with E-state index in [0.29, 0.717) is 6.04 Å². The summed E-state index contributed by atoms with van der Waals surface area (Å²) < 4.78 is 1.12. The van der Waals surface area contributed by atoms with Crippen LogP contribution in [0.5, 0.6) is 0 Å². The highest BCUT2D eigenvalue weighted by Crippen LogP contribution is 2.15. The number of benzene rings is 1. The molecule has 1 N–H and O–H groups in total. The highest BCUT2D eigenvalue weighted by Gasteiger charge is 2.10. The molecule has 0 fully saturated rings. The second-order valence-corrected chi connectivity index (χ2v) is 7.03. The Hall–Kier alpha value is -0.840. The van der Waals surface area contributed by atoms with Gasteiger partial charge in [0, 0.05) is 40.7 Å². The van der Waals surface area contributed by atoms with Crippen molar-refractivity contribution in [2.45, 2.75) is 26.4 Å². The molecule has 0 radical (unpaired) electrons. The molecule has 0 aliphatic rings. The molecule has 0 aliphatic carbocycles. The summed E-state index contributed by atoms with van der Waals surface area (Å²) in [7, 11) is 0. The van der Waals surface area contributed by atoms with Crippen molar-refractivity contribution in [1.29, 1.82) is 0 Å². The Bertz CT molecular complexity index is 494. The summed E-state index contributed by atoms with van der Waals surface area (Å²) in [6.07, 6.45) is 0. The largest absolute Gasteiger partial charge is 0.384 e. The first-order valence-electron chi connectivity index (χ1n) is 6.91. The Labute approximate surface area is 133 Å². The minimum Gasteiger partial charge on any atom is -0.384 e. The van der Waals surface area contributed by atoms with Crippen LogP contribution in [0.4, 0.5) is 5.69 Å². The summed E-state index contributed by atoms with van der Waals surface area (Å²) in [5.74, 6) is 0. The summed E-state index contributed by atoms with van der Waals surface area (Å²) in [6.45, 7) is 7.56. The fourth-order valence-corrected chi connectivity index (χ4v) is 3.03. The number of thiophene rings is 1. The average molecular weight is 353 g/mol. The number of nitrogens with one attached hydrogen (secondary N) is 1. The monoisotopic (exact) mass is 352 g/mol. The summed E-state index contributed by atoms with van der Waals surface area (Å²) in [6, 6.07) is 13.2. The third-order valence-electron chi connectivity index (χ3n) is 3.24. The van der Waals surface area contributed by atoms with Gasteiger partial charge in [-0.25, -0.2) is 0 Å². The van der Waals surface area contributed by atoms with Crippen LogP contribution in [0.25, 0.3) is 0 Å². The molecule has 0 amide bonds. The van der Waals surface area contributed by atoms with Crippen molar-refractivity contribution in [3.63, 3.8) is 0 Å². The van der Waals surface area contributed by atoms with Gasteiger partial charge in [-0.3, -0.25) is 4.90 Å². The Morgan fingerprint density at radius 1 is 1.20 bits per heavy atom. The first-order chi connectivity index (χ1) is 9.65. The molecule has 0 saturated carbocycles. The zero-order chi connectivity index (χ0) is 14.4. The Morgan fingerprint density at radius 3 is 2.55 bits per heavy atom. The van der Waals surface area contributed by atoms with E-state index in [4.69, 9.17) is 0 Å². The van der Waals surface area contributed by atoms with Gasteiger partial charge >= 0.3 is 0 Å². The van der Waals surface area contributed by atoms with Gasteiger partial charge < -0.3 is 5.32 Å². The minimum atomic E-state index is 0.559. The van der Waals surface area contributed by atoms with E-state index in [0.717, 1.165) is 24.1 Å². The highest BCUT2D eigenvalue weighted by atomic mass is 79.9. The molecule has 1 aromatic heterocycles.